The van der Waals surface area contributed by atoms with Gasteiger partial charge in [-0.3, -0.25) is 4.79 Å². The van der Waals surface area contributed by atoms with Crippen molar-refractivity contribution in [2.75, 3.05) is 0 Å². The SMILES string of the molecule is CC(C)CCC1(C)CC(=O)NC1c1ccccc1. The van der Waals surface area contributed by atoms with E-state index in [4.69, 9.17) is 0 Å². The molecule has 0 aromatic heterocycles. The second-order valence-corrected chi connectivity index (χ2v) is 6.17. The summed E-state index contributed by atoms with van der Waals surface area (Å²) in [6.07, 6.45) is 2.93. The lowest BCUT2D eigenvalue weighted by molar-refractivity contribution is -0.119. The topological polar surface area (TPSA) is 29.1 Å². The fourth-order valence-electron chi connectivity index (χ4n) is 2.84. The van der Waals surface area contributed by atoms with Crippen LogP contribution in [-0.4, -0.2) is 5.91 Å². The van der Waals surface area contributed by atoms with Crippen LogP contribution in [0.1, 0.15) is 51.6 Å². The van der Waals surface area contributed by atoms with E-state index in [0.717, 1.165) is 6.42 Å². The van der Waals surface area contributed by atoms with Crippen LogP contribution in [0.3, 0.4) is 0 Å². The van der Waals surface area contributed by atoms with Crippen LogP contribution in [0.2, 0.25) is 0 Å². The Morgan fingerprint density at radius 3 is 2.61 bits per heavy atom. The van der Waals surface area contributed by atoms with Gasteiger partial charge in [0.2, 0.25) is 5.91 Å². The van der Waals surface area contributed by atoms with Gasteiger partial charge in [0, 0.05) is 11.8 Å². The molecule has 0 spiro atoms. The smallest absolute Gasteiger partial charge is 0.221 e. The number of hydrogen-bond acceptors (Lipinski definition) is 1. The molecule has 2 heteroatoms. The molecule has 1 aromatic carbocycles. The van der Waals surface area contributed by atoms with E-state index in [1.807, 2.05) is 18.2 Å². The molecule has 1 aromatic rings. The molecule has 2 rings (SSSR count). The van der Waals surface area contributed by atoms with Crippen molar-refractivity contribution in [1.82, 2.24) is 5.32 Å². The minimum absolute atomic E-state index is 0.0582. The summed E-state index contributed by atoms with van der Waals surface area (Å²) in [5.74, 6) is 0.879. The summed E-state index contributed by atoms with van der Waals surface area (Å²) < 4.78 is 0. The lowest BCUT2D eigenvalue weighted by Gasteiger charge is -2.31. The predicted molar refractivity (Wildman–Crippen MR) is 74.1 cm³/mol. The Morgan fingerprint density at radius 2 is 2.00 bits per heavy atom. The van der Waals surface area contributed by atoms with E-state index in [1.54, 1.807) is 0 Å². The maximum atomic E-state index is 11.8. The quantitative estimate of drug-likeness (QED) is 0.861. The Labute approximate surface area is 110 Å². The van der Waals surface area contributed by atoms with Crippen molar-refractivity contribution in [3.8, 4) is 0 Å². The van der Waals surface area contributed by atoms with E-state index >= 15 is 0 Å². The average molecular weight is 245 g/mol. The monoisotopic (exact) mass is 245 g/mol. The van der Waals surface area contributed by atoms with Crippen molar-refractivity contribution in [2.24, 2.45) is 11.3 Å². The van der Waals surface area contributed by atoms with Gasteiger partial charge < -0.3 is 5.32 Å². The molecule has 0 aliphatic carbocycles. The molecule has 18 heavy (non-hydrogen) atoms. The highest BCUT2D eigenvalue weighted by Crippen LogP contribution is 2.45. The molecule has 0 saturated carbocycles. The van der Waals surface area contributed by atoms with Gasteiger partial charge in [0.1, 0.15) is 0 Å². The zero-order valence-electron chi connectivity index (χ0n) is 11.6. The number of amides is 1. The van der Waals surface area contributed by atoms with Crippen molar-refractivity contribution < 1.29 is 4.79 Å². The first-order valence-electron chi connectivity index (χ1n) is 6.85. The van der Waals surface area contributed by atoms with Gasteiger partial charge in [0.25, 0.3) is 0 Å². The minimum atomic E-state index is 0.0582. The van der Waals surface area contributed by atoms with Crippen LogP contribution in [0, 0.1) is 11.3 Å². The highest BCUT2D eigenvalue weighted by atomic mass is 16.2. The second kappa shape index (κ2) is 5.13. The Kier molecular flexibility index (Phi) is 3.74. The van der Waals surface area contributed by atoms with Crippen molar-refractivity contribution in [2.45, 2.75) is 46.1 Å². The zero-order valence-corrected chi connectivity index (χ0v) is 11.6. The van der Waals surface area contributed by atoms with E-state index in [1.165, 1.54) is 12.0 Å². The van der Waals surface area contributed by atoms with Gasteiger partial charge in [-0.05, 0) is 17.9 Å². The summed E-state index contributed by atoms with van der Waals surface area (Å²) in [4.78, 5) is 11.8. The molecule has 2 unspecified atom stereocenters. The number of carbonyl (C=O) groups is 1. The molecule has 1 heterocycles. The molecule has 98 valence electrons. The highest BCUT2D eigenvalue weighted by molar-refractivity contribution is 5.80. The second-order valence-electron chi connectivity index (χ2n) is 6.17. The number of nitrogens with one attached hydrogen (secondary N) is 1. The molecule has 1 aliphatic rings. The molecule has 2 atom stereocenters. The first-order valence-corrected chi connectivity index (χ1v) is 6.85. The highest BCUT2D eigenvalue weighted by Gasteiger charge is 2.43. The first-order chi connectivity index (χ1) is 8.51. The molecule has 0 bridgehead atoms. The van der Waals surface area contributed by atoms with Crippen molar-refractivity contribution in [3.63, 3.8) is 0 Å². The third-order valence-electron chi connectivity index (χ3n) is 3.99. The lowest BCUT2D eigenvalue weighted by atomic mass is 9.74. The van der Waals surface area contributed by atoms with Crippen LogP contribution in [0.15, 0.2) is 30.3 Å². The Morgan fingerprint density at radius 1 is 1.33 bits per heavy atom. The largest absolute Gasteiger partial charge is 0.349 e. The minimum Gasteiger partial charge on any atom is -0.349 e. The van der Waals surface area contributed by atoms with E-state index < -0.39 is 0 Å². The van der Waals surface area contributed by atoms with E-state index in [2.05, 4.69) is 38.2 Å². The summed E-state index contributed by atoms with van der Waals surface area (Å²) >= 11 is 0. The maximum absolute atomic E-state index is 11.8. The van der Waals surface area contributed by atoms with Crippen molar-refractivity contribution >= 4 is 5.91 Å². The van der Waals surface area contributed by atoms with Gasteiger partial charge in [-0.2, -0.15) is 0 Å². The van der Waals surface area contributed by atoms with Gasteiger partial charge in [0.15, 0.2) is 0 Å². The van der Waals surface area contributed by atoms with E-state index in [9.17, 15) is 4.79 Å². The number of benzene rings is 1. The van der Waals surface area contributed by atoms with Gasteiger partial charge in [-0.25, -0.2) is 0 Å². The van der Waals surface area contributed by atoms with Crippen LogP contribution in [0.25, 0.3) is 0 Å². The molecular formula is C16H23NO. The third kappa shape index (κ3) is 2.74. The molecule has 0 radical (unpaired) electrons. The molecule has 1 aliphatic heterocycles. The van der Waals surface area contributed by atoms with Gasteiger partial charge >= 0.3 is 0 Å². The first kappa shape index (κ1) is 13.1. The van der Waals surface area contributed by atoms with Crippen molar-refractivity contribution in [1.29, 1.82) is 0 Å². The van der Waals surface area contributed by atoms with E-state index in [0.29, 0.717) is 12.3 Å². The molecule has 1 saturated heterocycles. The Bertz CT molecular complexity index is 412. The Hall–Kier alpha value is -1.31. The van der Waals surface area contributed by atoms with Gasteiger partial charge in [-0.15, -0.1) is 0 Å². The lowest BCUT2D eigenvalue weighted by Crippen LogP contribution is -2.27. The zero-order chi connectivity index (χ0) is 13.2. The molecule has 2 nitrogen and oxygen atoms in total. The third-order valence-corrected chi connectivity index (χ3v) is 3.99. The van der Waals surface area contributed by atoms with Gasteiger partial charge in [-0.1, -0.05) is 57.5 Å². The molecule has 1 amide bonds. The molecule has 1 fully saturated rings. The summed E-state index contributed by atoms with van der Waals surface area (Å²) in [5, 5.41) is 3.15. The van der Waals surface area contributed by atoms with Crippen LogP contribution >= 0.6 is 0 Å². The summed E-state index contributed by atoms with van der Waals surface area (Å²) in [5.41, 5.74) is 1.29. The summed E-state index contributed by atoms with van der Waals surface area (Å²) in [6.45, 7) is 6.72. The van der Waals surface area contributed by atoms with E-state index in [-0.39, 0.29) is 17.4 Å². The predicted octanol–water partition coefficient (Wildman–Crippen LogP) is 3.69. The summed E-state index contributed by atoms with van der Waals surface area (Å²) in [6, 6.07) is 10.5. The summed E-state index contributed by atoms with van der Waals surface area (Å²) in [7, 11) is 0. The molecule has 1 N–H and O–H groups in total. The average Bonchev–Trinajstić information content (AvgIpc) is 2.64. The maximum Gasteiger partial charge on any atom is 0.221 e. The molecular weight excluding hydrogens is 222 g/mol. The normalized spacial score (nSPS) is 27.6. The number of hydrogen-bond donors (Lipinski definition) is 1. The number of carbonyl (C=O) groups excluding carboxylic acids is 1. The van der Waals surface area contributed by atoms with Crippen LogP contribution in [0.5, 0.6) is 0 Å². The van der Waals surface area contributed by atoms with Crippen LogP contribution in [-0.2, 0) is 4.79 Å². The van der Waals surface area contributed by atoms with Crippen LogP contribution in [0.4, 0.5) is 0 Å². The van der Waals surface area contributed by atoms with Gasteiger partial charge in [0.05, 0.1) is 6.04 Å². The Balaban J connectivity index is 2.19. The van der Waals surface area contributed by atoms with Crippen molar-refractivity contribution in [3.05, 3.63) is 35.9 Å². The van der Waals surface area contributed by atoms with Crippen LogP contribution < -0.4 is 5.32 Å². The fraction of sp³-hybridized carbons (Fsp3) is 0.562. The standard InChI is InChI=1S/C16H23NO/c1-12(2)9-10-16(3)11-14(18)17-15(16)13-7-5-4-6-8-13/h4-8,12,15H,9-11H2,1-3H3,(H,17,18). The fourth-order valence-corrected chi connectivity index (χ4v) is 2.84. The number of rotatable bonds is 4.